The van der Waals surface area contributed by atoms with Gasteiger partial charge in [0, 0.05) is 26.2 Å². The van der Waals surface area contributed by atoms with Crippen LogP contribution in [-0.2, 0) is 0 Å². The number of hydrogen-bond donors (Lipinski definition) is 1. The van der Waals surface area contributed by atoms with E-state index in [1.807, 2.05) is 0 Å². The first kappa shape index (κ1) is 7.76. The average molecular weight is 141 g/mol. The van der Waals surface area contributed by atoms with Gasteiger partial charge in [0.25, 0.3) is 0 Å². The van der Waals surface area contributed by atoms with Gasteiger partial charge in [0.1, 0.15) is 0 Å². The molecule has 0 amide bonds. The third-order valence-corrected chi connectivity index (χ3v) is 1.77. The Morgan fingerprint density at radius 1 is 1.40 bits per heavy atom. The van der Waals surface area contributed by atoms with E-state index in [0.717, 1.165) is 26.1 Å². The molecule has 2 heteroatoms. The minimum atomic E-state index is 0.320. The summed E-state index contributed by atoms with van der Waals surface area (Å²) in [6, 6.07) is 0. The molecule has 0 radical (unpaired) electrons. The first-order valence-corrected chi connectivity index (χ1v) is 3.91. The molecule has 0 unspecified atom stereocenters. The van der Waals surface area contributed by atoms with Crippen LogP contribution in [0.25, 0.3) is 0 Å². The van der Waals surface area contributed by atoms with Gasteiger partial charge in [-0.05, 0) is 12.8 Å². The summed E-state index contributed by atoms with van der Waals surface area (Å²) in [5.74, 6) is 0. The van der Waals surface area contributed by atoms with E-state index < -0.39 is 0 Å². The van der Waals surface area contributed by atoms with Gasteiger partial charge in [-0.3, -0.25) is 4.90 Å². The second-order valence-electron chi connectivity index (χ2n) is 2.64. The Balaban J connectivity index is 2.10. The van der Waals surface area contributed by atoms with Crippen LogP contribution in [0.15, 0.2) is 12.2 Å². The van der Waals surface area contributed by atoms with E-state index in [4.69, 9.17) is 5.11 Å². The Morgan fingerprint density at radius 2 is 2.30 bits per heavy atom. The molecule has 0 aromatic rings. The molecule has 58 valence electrons. The Kier molecular flexibility index (Phi) is 3.47. The fourth-order valence-corrected chi connectivity index (χ4v) is 1.19. The molecule has 0 fully saturated rings. The van der Waals surface area contributed by atoms with Crippen molar-refractivity contribution in [3.8, 4) is 0 Å². The lowest BCUT2D eigenvalue weighted by molar-refractivity contribution is 0.234. The summed E-state index contributed by atoms with van der Waals surface area (Å²) in [5, 5.41) is 8.55. The summed E-state index contributed by atoms with van der Waals surface area (Å²) in [6.07, 6.45) is 6.50. The Morgan fingerprint density at radius 3 is 2.90 bits per heavy atom. The molecule has 2 nitrogen and oxygen atoms in total. The van der Waals surface area contributed by atoms with Crippen molar-refractivity contribution >= 4 is 0 Å². The summed E-state index contributed by atoms with van der Waals surface area (Å²) in [5.41, 5.74) is 0. The SMILES string of the molecule is OCCCN1CC=CCC1. The fraction of sp³-hybridized carbons (Fsp3) is 0.750. The van der Waals surface area contributed by atoms with Crippen molar-refractivity contribution in [2.24, 2.45) is 0 Å². The Hall–Kier alpha value is -0.340. The second-order valence-corrected chi connectivity index (χ2v) is 2.64. The minimum absolute atomic E-state index is 0.320. The van der Waals surface area contributed by atoms with Crippen LogP contribution in [0.3, 0.4) is 0 Å². The molecule has 0 saturated heterocycles. The van der Waals surface area contributed by atoms with E-state index in [9.17, 15) is 0 Å². The molecule has 0 bridgehead atoms. The van der Waals surface area contributed by atoms with Crippen molar-refractivity contribution in [1.29, 1.82) is 0 Å². The summed E-state index contributed by atoms with van der Waals surface area (Å²) in [6.45, 7) is 3.59. The summed E-state index contributed by atoms with van der Waals surface area (Å²) in [7, 11) is 0. The zero-order valence-electron chi connectivity index (χ0n) is 6.29. The highest BCUT2D eigenvalue weighted by atomic mass is 16.3. The first-order valence-electron chi connectivity index (χ1n) is 3.91. The number of aliphatic hydroxyl groups excluding tert-OH is 1. The third-order valence-electron chi connectivity index (χ3n) is 1.77. The van der Waals surface area contributed by atoms with Gasteiger partial charge in [0.15, 0.2) is 0 Å². The van der Waals surface area contributed by atoms with Crippen molar-refractivity contribution in [1.82, 2.24) is 4.90 Å². The maximum Gasteiger partial charge on any atom is 0.0443 e. The smallest absolute Gasteiger partial charge is 0.0443 e. The largest absolute Gasteiger partial charge is 0.396 e. The number of nitrogens with zero attached hydrogens (tertiary/aromatic N) is 1. The fourth-order valence-electron chi connectivity index (χ4n) is 1.19. The molecule has 0 saturated carbocycles. The van der Waals surface area contributed by atoms with Gasteiger partial charge in [-0.1, -0.05) is 12.2 Å². The maximum atomic E-state index is 8.55. The summed E-state index contributed by atoms with van der Waals surface area (Å²) >= 11 is 0. The monoisotopic (exact) mass is 141 g/mol. The Labute approximate surface area is 62.2 Å². The van der Waals surface area contributed by atoms with Crippen LogP contribution in [0.1, 0.15) is 12.8 Å². The molecule has 0 atom stereocenters. The molecule has 0 spiro atoms. The highest BCUT2D eigenvalue weighted by Gasteiger charge is 2.03. The van der Waals surface area contributed by atoms with Crippen LogP contribution in [0.2, 0.25) is 0 Å². The highest BCUT2D eigenvalue weighted by Crippen LogP contribution is 2.00. The van der Waals surface area contributed by atoms with E-state index in [2.05, 4.69) is 17.1 Å². The highest BCUT2D eigenvalue weighted by molar-refractivity contribution is 4.90. The predicted octanol–water partition coefficient (Wildman–Crippen LogP) is 0.631. The van der Waals surface area contributed by atoms with Crippen LogP contribution in [0, 0.1) is 0 Å². The molecule has 10 heavy (non-hydrogen) atoms. The Bertz CT molecular complexity index is 112. The molecular weight excluding hydrogens is 126 g/mol. The number of hydrogen-bond acceptors (Lipinski definition) is 2. The summed E-state index contributed by atoms with van der Waals surface area (Å²) in [4.78, 5) is 2.36. The van der Waals surface area contributed by atoms with Gasteiger partial charge in [0.05, 0.1) is 0 Å². The van der Waals surface area contributed by atoms with Crippen molar-refractivity contribution in [3.05, 3.63) is 12.2 Å². The zero-order valence-corrected chi connectivity index (χ0v) is 6.29. The lowest BCUT2D eigenvalue weighted by atomic mass is 10.2. The van der Waals surface area contributed by atoms with Crippen molar-refractivity contribution in [2.45, 2.75) is 12.8 Å². The van der Waals surface area contributed by atoms with Crippen molar-refractivity contribution in [2.75, 3.05) is 26.2 Å². The molecule has 1 N–H and O–H groups in total. The van der Waals surface area contributed by atoms with Gasteiger partial charge in [-0.25, -0.2) is 0 Å². The first-order chi connectivity index (χ1) is 4.93. The molecule has 0 aromatic carbocycles. The van der Waals surface area contributed by atoms with E-state index >= 15 is 0 Å². The average Bonchev–Trinajstić information content (AvgIpc) is 2.03. The molecule has 1 aliphatic rings. The van der Waals surface area contributed by atoms with Gasteiger partial charge in [-0.2, -0.15) is 0 Å². The normalized spacial score (nSPS) is 19.7. The standard InChI is InChI=1S/C8H15NO/c10-8-4-7-9-5-2-1-3-6-9/h1-2,10H,3-8H2. The van der Waals surface area contributed by atoms with Crippen LogP contribution < -0.4 is 0 Å². The molecule has 1 aliphatic heterocycles. The van der Waals surface area contributed by atoms with Gasteiger partial charge < -0.3 is 5.11 Å². The van der Waals surface area contributed by atoms with Gasteiger partial charge in [0.2, 0.25) is 0 Å². The maximum absolute atomic E-state index is 8.55. The zero-order chi connectivity index (χ0) is 7.23. The van der Waals surface area contributed by atoms with Gasteiger partial charge in [-0.15, -0.1) is 0 Å². The lowest BCUT2D eigenvalue weighted by Crippen LogP contribution is -2.28. The second kappa shape index (κ2) is 4.47. The number of rotatable bonds is 3. The summed E-state index contributed by atoms with van der Waals surface area (Å²) < 4.78 is 0. The van der Waals surface area contributed by atoms with Crippen molar-refractivity contribution in [3.63, 3.8) is 0 Å². The quantitative estimate of drug-likeness (QED) is 0.583. The van der Waals surface area contributed by atoms with E-state index in [1.54, 1.807) is 0 Å². The number of aliphatic hydroxyl groups is 1. The molecular formula is C8H15NO. The third kappa shape index (κ3) is 2.50. The molecule has 1 rings (SSSR count). The van der Waals surface area contributed by atoms with Gasteiger partial charge >= 0.3 is 0 Å². The van der Waals surface area contributed by atoms with E-state index in [1.165, 1.54) is 6.42 Å². The van der Waals surface area contributed by atoms with Crippen LogP contribution in [0.4, 0.5) is 0 Å². The van der Waals surface area contributed by atoms with E-state index in [0.29, 0.717) is 6.61 Å². The molecule has 0 aliphatic carbocycles. The van der Waals surface area contributed by atoms with Crippen LogP contribution >= 0.6 is 0 Å². The van der Waals surface area contributed by atoms with Crippen molar-refractivity contribution < 1.29 is 5.11 Å². The molecule has 1 heterocycles. The predicted molar refractivity (Wildman–Crippen MR) is 41.9 cm³/mol. The molecule has 0 aromatic heterocycles. The van der Waals surface area contributed by atoms with E-state index in [-0.39, 0.29) is 0 Å². The lowest BCUT2D eigenvalue weighted by Gasteiger charge is -2.22. The topological polar surface area (TPSA) is 23.5 Å². The minimum Gasteiger partial charge on any atom is -0.396 e. The van der Waals surface area contributed by atoms with Crippen LogP contribution in [-0.4, -0.2) is 36.2 Å². The van der Waals surface area contributed by atoms with Crippen LogP contribution in [0.5, 0.6) is 0 Å².